The minimum atomic E-state index is -0.923. The number of fused-ring (bicyclic) bond motifs is 2. The Hall–Kier alpha value is -1.34. The maximum atomic E-state index is 12.4. The summed E-state index contributed by atoms with van der Waals surface area (Å²) in [6.07, 6.45) is 1.13. The Balaban J connectivity index is 1.54. The molecule has 4 rings (SSSR count). The Morgan fingerprint density at radius 1 is 0.964 bits per heavy atom. The summed E-state index contributed by atoms with van der Waals surface area (Å²) in [5, 5.41) is 0. The molecule has 1 unspecified atom stereocenters. The molecule has 0 spiro atoms. The van der Waals surface area contributed by atoms with Gasteiger partial charge in [-0.25, -0.2) is 0 Å². The molecule has 0 amide bonds. The molecular formula is C22H29N3OS2. The number of anilines is 2. The second-order valence-electron chi connectivity index (χ2n) is 7.48. The normalized spacial score (nSPS) is 18.6. The van der Waals surface area contributed by atoms with E-state index in [0.29, 0.717) is 5.75 Å². The van der Waals surface area contributed by atoms with Gasteiger partial charge in [-0.2, -0.15) is 0 Å². The third-order valence-electron chi connectivity index (χ3n) is 5.57. The van der Waals surface area contributed by atoms with Crippen molar-refractivity contribution in [1.29, 1.82) is 0 Å². The highest BCUT2D eigenvalue weighted by Crippen LogP contribution is 2.48. The van der Waals surface area contributed by atoms with E-state index in [-0.39, 0.29) is 0 Å². The number of hydrogen-bond acceptors (Lipinski definition) is 5. The number of para-hydroxylation sites is 1. The average Bonchev–Trinajstić information content (AvgIpc) is 2.73. The fraction of sp³-hybridized carbons (Fsp3) is 0.455. The number of piperazine rings is 1. The molecule has 2 heterocycles. The molecule has 1 fully saturated rings. The van der Waals surface area contributed by atoms with Crippen molar-refractivity contribution in [3.63, 3.8) is 0 Å². The topological polar surface area (TPSA) is 26.8 Å². The van der Waals surface area contributed by atoms with Gasteiger partial charge in [-0.3, -0.25) is 4.21 Å². The van der Waals surface area contributed by atoms with Crippen molar-refractivity contribution in [2.24, 2.45) is 0 Å². The van der Waals surface area contributed by atoms with E-state index >= 15 is 0 Å². The first kappa shape index (κ1) is 20.0. The van der Waals surface area contributed by atoms with Crippen molar-refractivity contribution in [1.82, 2.24) is 9.80 Å². The van der Waals surface area contributed by atoms with Crippen LogP contribution in [0, 0.1) is 0 Å². The lowest BCUT2D eigenvalue weighted by molar-refractivity contribution is 0.153. The van der Waals surface area contributed by atoms with Crippen LogP contribution in [0.3, 0.4) is 0 Å². The monoisotopic (exact) mass is 415 g/mol. The van der Waals surface area contributed by atoms with Crippen LogP contribution >= 0.6 is 11.8 Å². The Labute approximate surface area is 175 Å². The Bertz CT molecular complexity index is 849. The van der Waals surface area contributed by atoms with Gasteiger partial charge in [0.2, 0.25) is 0 Å². The van der Waals surface area contributed by atoms with Crippen LogP contribution in [-0.2, 0) is 10.8 Å². The quantitative estimate of drug-likeness (QED) is 0.709. The molecule has 0 N–H and O–H groups in total. The number of likely N-dealkylation sites (N-methyl/N-ethyl adjacent to an activating group) is 1. The van der Waals surface area contributed by atoms with Crippen LogP contribution in [0.25, 0.3) is 0 Å². The van der Waals surface area contributed by atoms with Crippen LogP contribution in [0.2, 0.25) is 0 Å². The molecule has 0 aromatic heterocycles. The SMILES string of the molecule is CCS(=O)c1ccc2c(c1)N(CCCN1CCN(C)CC1)c1ccccc1S2. The minimum Gasteiger partial charge on any atom is -0.340 e. The summed E-state index contributed by atoms with van der Waals surface area (Å²) in [6, 6.07) is 15.0. The lowest BCUT2D eigenvalue weighted by atomic mass is 10.2. The van der Waals surface area contributed by atoms with E-state index in [0.717, 1.165) is 37.5 Å². The summed E-state index contributed by atoms with van der Waals surface area (Å²) in [5.41, 5.74) is 2.49. The standard InChI is InChI=1S/C22H29N3OS2/c1-3-28(26)18-9-10-22-20(17-18)25(19-7-4-5-8-21(19)27-22)12-6-11-24-15-13-23(2)14-16-24/h4-5,7-10,17H,3,6,11-16H2,1-2H3. The highest BCUT2D eigenvalue weighted by Gasteiger charge is 2.24. The molecule has 2 aliphatic heterocycles. The number of rotatable bonds is 6. The fourth-order valence-corrected chi connectivity index (χ4v) is 5.75. The summed E-state index contributed by atoms with van der Waals surface area (Å²) in [5.74, 6) is 0.659. The molecule has 2 aromatic rings. The first-order chi connectivity index (χ1) is 13.7. The number of nitrogens with zero attached hydrogens (tertiary/aromatic N) is 3. The van der Waals surface area contributed by atoms with Crippen LogP contribution in [0.4, 0.5) is 11.4 Å². The van der Waals surface area contributed by atoms with Crippen molar-refractivity contribution in [2.75, 3.05) is 57.0 Å². The van der Waals surface area contributed by atoms with Gasteiger partial charge in [0.05, 0.1) is 22.2 Å². The van der Waals surface area contributed by atoms with Gasteiger partial charge in [0.15, 0.2) is 0 Å². The maximum Gasteiger partial charge on any atom is 0.0565 e. The summed E-state index contributed by atoms with van der Waals surface area (Å²) in [4.78, 5) is 10.9. The van der Waals surface area contributed by atoms with Crippen molar-refractivity contribution < 1.29 is 4.21 Å². The average molecular weight is 416 g/mol. The Morgan fingerprint density at radius 3 is 2.50 bits per heavy atom. The molecule has 6 heteroatoms. The summed E-state index contributed by atoms with van der Waals surface area (Å²) < 4.78 is 12.4. The van der Waals surface area contributed by atoms with Gasteiger partial charge in [0.25, 0.3) is 0 Å². The first-order valence-corrected chi connectivity index (χ1v) is 12.3. The van der Waals surface area contributed by atoms with Crippen LogP contribution in [0.1, 0.15) is 13.3 Å². The summed E-state index contributed by atoms with van der Waals surface area (Å²) >= 11 is 1.82. The molecule has 1 atom stereocenters. The molecule has 150 valence electrons. The van der Waals surface area contributed by atoms with E-state index in [1.165, 1.54) is 34.3 Å². The molecular weight excluding hydrogens is 386 g/mol. The predicted octanol–water partition coefficient (Wildman–Crippen LogP) is 4.05. The van der Waals surface area contributed by atoms with Gasteiger partial charge < -0.3 is 14.7 Å². The van der Waals surface area contributed by atoms with E-state index in [9.17, 15) is 4.21 Å². The van der Waals surface area contributed by atoms with Gasteiger partial charge in [-0.05, 0) is 50.3 Å². The maximum absolute atomic E-state index is 12.4. The molecule has 2 aromatic carbocycles. The predicted molar refractivity (Wildman–Crippen MR) is 120 cm³/mol. The third-order valence-corrected chi connectivity index (χ3v) is 8.01. The van der Waals surface area contributed by atoms with Crippen molar-refractivity contribution in [3.05, 3.63) is 42.5 Å². The molecule has 2 aliphatic rings. The lowest BCUT2D eigenvalue weighted by Gasteiger charge is -2.35. The van der Waals surface area contributed by atoms with Gasteiger partial charge in [-0.15, -0.1) is 0 Å². The zero-order valence-electron chi connectivity index (χ0n) is 16.8. The minimum absolute atomic E-state index is 0.659. The molecule has 4 nitrogen and oxygen atoms in total. The molecule has 1 saturated heterocycles. The van der Waals surface area contributed by atoms with Crippen LogP contribution in [0.15, 0.2) is 57.2 Å². The van der Waals surface area contributed by atoms with Gasteiger partial charge in [-0.1, -0.05) is 30.8 Å². The van der Waals surface area contributed by atoms with E-state index in [1.54, 1.807) is 0 Å². The Morgan fingerprint density at radius 2 is 1.71 bits per heavy atom. The molecule has 0 aliphatic carbocycles. The van der Waals surface area contributed by atoms with Crippen molar-refractivity contribution >= 4 is 33.9 Å². The van der Waals surface area contributed by atoms with Gasteiger partial charge >= 0.3 is 0 Å². The number of benzene rings is 2. The van der Waals surface area contributed by atoms with E-state index < -0.39 is 10.8 Å². The van der Waals surface area contributed by atoms with Gasteiger partial charge in [0, 0.05) is 53.2 Å². The second kappa shape index (κ2) is 8.99. The van der Waals surface area contributed by atoms with E-state index in [1.807, 2.05) is 24.8 Å². The molecule has 28 heavy (non-hydrogen) atoms. The smallest absolute Gasteiger partial charge is 0.0565 e. The van der Waals surface area contributed by atoms with Crippen LogP contribution in [0.5, 0.6) is 0 Å². The van der Waals surface area contributed by atoms with Crippen molar-refractivity contribution in [2.45, 2.75) is 28.0 Å². The third kappa shape index (κ3) is 4.30. The largest absolute Gasteiger partial charge is 0.340 e. The summed E-state index contributed by atoms with van der Waals surface area (Å²) in [7, 11) is 1.28. The highest BCUT2D eigenvalue weighted by atomic mass is 32.2. The summed E-state index contributed by atoms with van der Waals surface area (Å²) in [6.45, 7) is 8.76. The molecule has 0 radical (unpaired) electrons. The van der Waals surface area contributed by atoms with E-state index in [4.69, 9.17) is 0 Å². The van der Waals surface area contributed by atoms with Gasteiger partial charge in [0.1, 0.15) is 0 Å². The zero-order valence-corrected chi connectivity index (χ0v) is 18.4. The lowest BCUT2D eigenvalue weighted by Crippen LogP contribution is -2.45. The van der Waals surface area contributed by atoms with Crippen molar-refractivity contribution in [3.8, 4) is 0 Å². The fourth-order valence-electron chi connectivity index (χ4n) is 3.88. The number of hydrogen-bond donors (Lipinski definition) is 0. The van der Waals surface area contributed by atoms with E-state index in [2.05, 4.69) is 58.1 Å². The second-order valence-corrected chi connectivity index (χ2v) is 10.3. The molecule has 0 saturated carbocycles. The Kier molecular flexibility index (Phi) is 6.41. The van der Waals surface area contributed by atoms with Crippen LogP contribution < -0.4 is 4.90 Å². The zero-order chi connectivity index (χ0) is 19.5. The highest BCUT2D eigenvalue weighted by molar-refractivity contribution is 7.99. The first-order valence-electron chi connectivity index (χ1n) is 10.1. The van der Waals surface area contributed by atoms with Crippen LogP contribution in [-0.4, -0.2) is 66.1 Å². The molecule has 0 bridgehead atoms.